The number of nitrogens with one attached hydrogen (secondary N) is 2. The van der Waals surface area contributed by atoms with E-state index in [1.807, 2.05) is 0 Å². The zero-order valence-corrected chi connectivity index (χ0v) is 10.3. The fourth-order valence-electron chi connectivity index (χ4n) is 1.95. The molecule has 1 aliphatic heterocycles. The number of carbonyl (C=O) groups excluding carboxylic acids is 3. The number of anilines is 1. The Morgan fingerprint density at radius 1 is 1.32 bits per heavy atom. The minimum Gasteiger partial charge on any atom is -0.374 e. The number of piperidine rings is 1. The third-order valence-corrected chi connectivity index (χ3v) is 2.91. The van der Waals surface area contributed by atoms with E-state index in [2.05, 4.69) is 10.6 Å². The van der Waals surface area contributed by atoms with Gasteiger partial charge in [-0.3, -0.25) is 19.7 Å². The molecule has 6 heteroatoms. The number of benzene rings is 1. The highest BCUT2D eigenvalue weighted by Gasteiger charge is 2.26. The Kier molecular flexibility index (Phi) is 3.79. The van der Waals surface area contributed by atoms with Crippen molar-refractivity contribution in [2.45, 2.75) is 25.3 Å². The van der Waals surface area contributed by atoms with Gasteiger partial charge in [-0.1, -0.05) is 12.1 Å². The highest BCUT2D eigenvalue weighted by Crippen LogP contribution is 2.15. The van der Waals surface area contributed by atoms with E-state index in [0.29, 0.717) is 12.8 Å². The number of hydrogen-bond donors (Lipinski definition) is 3. The van der Waals surface area contributed by atoms with E-state index in [4.69, 9.17) is 5.73 Å². The quantitative estimate of drug-likeness (QED) is 0.660. The predicted molar refractivity (Wildman–Crippen MR) is 69.1 cm³/mol. The van der Waals surface area contributed by atoms with Crippen LogP contribution in [-0.4, -0.2) is 23.8 Å². The lowest BCUT2D eigenvalue weighted by molar-refractivity contribution is -0.133. The van der Waals surface area contributed by atoms with Crippen LogP contribution in [0, 0.1) is 0 Å². The van der Waals surface area contributed by atoms with Crippen molar-refractivity contribution in [2.75, 3.05) is 5.32 Å². The summed E-state index contributed by atoms with van der Waals surface area (Å²) in [7, 11) is 0. The van der Waals surface area contributed by atoms with Crippen molar-refractivity contribution in [3.8, 4) is 0 Å². The van der Waals surface area contributed by atoms with Gasteiger partial charge in [0.15, 0.2) is 0 Å². The number of nitrogens with two attached hydrogens (primary N) is 1. The summed E-state index contributed by atoms with van der Waals surface area (Å²) in [6, 6.07) is 6.71. The van der Waals surface area contributed by atoms with E-state index in [1.165, 1.54) is 0 Å². The molecule has 6 nitrogen and oxygen atoms in total. The summed E-state index contributed by atoms with van der Waals surface area (Å²) in [4.78, 5) is 33.3. The maximum Gasteiger partial charge on any atom is 0.249 e. The molecule has 0 bridgehead atoms. The topological polar surface area (TPSA) is 101 Å². The molecular weight excluding hydrogens is 246 g/mol. The van der Waals surface area contributed by atoms with Gasteiger partial charge in [0.05, 0.1) is 6.42 Å². The summed E-state index contributed by atoms with van der Waals surface area (Å²) in [5, 5.41) is 5.34. The van der Waals surface area contributed by atoms with Crippen molar-refractivity contribution in [1.29, 1.82) is 0 Å². The summed E-state index contributed by atoms with van der Waals surface area (Å²) in [5.41, 5.74) is 6.69. The van der Waals surface area contributed by atoms with Crippen molar-refractivity contribution >= 4 is 23.4 Å². The molecule has 0 saturated carbocycles. The van der Waals surface area contributed by atoms with Gasteiger partial charge in [0.1, 0.15) is 6.04 Å². The monoisotopic (exact) mass is 261 g/mol. The molecule has 1 aromatic carbocycles. The van der Waals surface area contributed by atoms with E-state index in [1.54, 1.807) is 24.3 Å². The van der Waals surface area contributed by atoms with Crippen LogP contribution in [-0.2, 0) is 20.8 Å². The van der Waals surface area contributed by atoms with Crippen LogP contribution in [0.3, 0.4) is 0 Å². The highest BCUT2D eigenvalue weighted by atomic mass is 16.2. The van der Waals surface area contributed by atoms with Gasteiger partial charge in [-0.15, -0.1) is 0 Å². The lowest BCUT2D eigenvalue weighted by atomic mass is 10.1. The molecule has 1 fully saturated rings. The average Bonchev–Trinajstić information content (AvgIpc) is 2.34. The Hall–Kier alpha value is -2.37. The summed E-state index contributed by atoms with van der Waals surface area (Å²) in [6.45, 7) is 0. The molecule has 0 spiro atoms. The molecule has 0 aliphatic carbocycles. The van der Waals surface area contributed by atoms with E-state index >= 15 is 0 Å². The Morgan fingerprint density at radius 2 is 2.00 bits per heavy atom. The fraction of sp³-hybridized carbons (Fsp3) is 0.308. The number of rotatable bonds is 4. The van der Waals surface area contributed by atoms with Crippen LogP contribution in [0.25, 0.3) is 0 Å². The zero-order valence-electron chi connectivity index (χ0n) is 10.3. The molecule has 1 aliphatic rings. The highest BCUT2D eigenvalue weighted by molar-refractivity contribution is 6.01. The van der Waals surface area contributed by atoms with Gasteiger partial charge in [0.2, 0.25) is 17.7 Å². The van der Waals surface area contributed by atoms with Crippen LogP contribution in [0.4, 0.5) is 5.69 Å². The van der Waals surface area contributed by atoms with E-state index < -0.39 is 6.04 Å². The van der Waals surface area contributed by atoms with Crippen LogP contribution in [0.15, 0.2) is 24.3 Å². The Morgan fingerprint density at radius 3 is 2.58 bits per heavy atom. The molecule has 1 atom stereocenters. The molecule has 3 amide bonds. The van der Waals surface area contributed by atoms with Crippen molar-refractivity contribution in [3.63, 3.8) is 0 Å². The first-order chi connectivity index (χ1) is 9.04. The number of primary amides is 1. The van der Waals surface area contributed by atoms with E-state index in [9.17, 15) is 14.4 Å². The maximum atomic E-state index is 11.6. The first-order valence-electron chi connectivity index (χ1n) is 6.02. The molecule has 1 aromatic rings. The smallest absolute Gasteiger partial charge is 0.249 e. The Bertz CT molecular complexity index is 510. The lowest BCUT2D eigenvalue weighted by Crippen LogP contribution is -2.47. The maximum absolute atomic E-state index is 11.6. The predicted octanol–water partition coefficient (Wildman–Crippen LogP) is -0.0685. The van der Waals surface area contributed by atoms with Gasteiger partial charge in [-0.2, -0.15) is 0 Å². The molecule has 100 valence electrons. The minimum absolute atomic E-state index is 0.193. The van der Waals surface area contributed by atoms with Crippen LogP contribution >= 0.6 is 0 Å². The Balaban J connectivity index is 1.97. The van der Waals surface area contributed by atoms with Crippen molar-refractivity contribution < 1.29 is 14.4 Å². The summed E-state index contributed by atoms with van der Waals surface area (Å²) in [6.07, 6.45) is 1.01. The minimum atomic E-state index is -0.403. The largest absolute Gasteiger partial charge is 0.374 e. The van der Waals surface area contributed by atoms with E-state index in [-0.39, 0.29) is 24.1 Å². The van der Waals surface area contributed by atoms with Crippen molar-refractivity contribution in [3.05, 3.63) is 29.8 Å². The molecule has 0 aromatic heterocycles. The van der Waals surface area contributed by atoms with Crippen LogP contribution in [0.1, 0.15) is 18.4 Å². The third-order valence-electron chi connectivity index (χ3n) is 2.91. The molecule has 1 unspecified atom stereocenters. The van der Waals surface area contributed by atoms with Crippen LogP contribution in [0.5, 0.6) is 0 Å². The molecule has 1 saturated heterocycles. The second-order valence-corrected chi connectivity index (χ2v) is 4.49. The second kappa shape index (κ2) is 5.51. The third kappa shape index (κ3) is 3.54. The van der Waals surface area contributed by atoms with E-state index in [0.717, 1.165) is 11.3 Å². The van der Waals surface area contributed by atoms with Gasteiger partial charge < -0.3 is 11.1 Å². The molecule has 2 rings (SSSR count). The van der Waals surface area contributed by atoms with Gasteiger partial charge in [0.25, 0.3) is 0 Å². The number of amides is 3. The van der Waals surface area contributed by atoms with Gasteiger partial charge in [-0.05, 0) is 24.1 Å². The fourth-order valence-corrected chi connectivity index (χ4v) is 1.95. The van der Waals surface area contributed by atoms with Gasteiger partial charge in [-0.25, -0.2) is 0 Å². The second-order valence-electron chi connectivity index (χ2n) is 4.49. The first-order valence-corrected chi connectivity index (χ1v) is 6.02. The lowest BCUT2D eigenvalue weighted by Gasteiger charge is -2.22. The number of imide groups is 1. The normalized spacial score (nSPS) is 18.8. The van der Waals surface area contributed by atoms with Crippen LogP contribution in [0.2, 0.25) is 0 Å². The van der Waals surface area contributed by atoms with Gasteiger partial charge in [0, 0.05) is 12.1 Å². The molecule has 1 heterocycles. The summed E-state index contributed by atoms with van der Waals surface area (Å²) in [5.74, 6) is -0.928. The van der Waals surface area contributed by atoms with Crippen LogP contribution < -0.4 is 16.4 Å². The first kappa shape index (κ1) is 13.1. The van der Waals surface area contributed by atoms with Crippen molar-refractivity contribution in [1.82, 2.24) is 5.32 Å². The van der Waals surface area contributed by atoms with Gasteiger partial charge >= 0.3 is 0 Å². The molecule has 19 heavy (non-hydrogen) atoms. The zero-order chi connectivity index (χ0) is 13.8. The summed E-state index contributed by atoms with van der Waals surface area (Å²) < 4.78 is 0. The average molecular weight is 261 g/mol. The molecule has 0 radical (unpaired) electrons. The SMILES string of the molecule is NC(=O)Cc1ccc(NC2CCC(=O)NC2=O)cc1. The number of hydrogen-bond acceptors (Lipinski definition) is 4. The molecular formula is C13H15N3O3. The summed E-state index contributed by atoms with van der Waals surface area (Å²) >= 11 is 0. The standard InChI is InChI=1S/C13H15N3O3/c14-11(17)7-8-1-3-9(4-2-8)15-10-5-6-12(18)16-13(10)19/h1-4,10,15H,5-7H2,(H2,14,17)(H,16,18,19). The van der Waals surface area contributed by atoms with Crippen molar-refractivity contribution in [2.24, 2.45) is 5.73 Å². The number of carbonyl (C=O) groups is 3. The molecule has 4 N–H and O–H groups in total. The Labute approximate surface area is 110 Å².